The second kappa shape index (κ2) is 3.32. The van der Waals surface area contributed by atoms with Gasteiger partial charge in [0.25, 0.3) is 0 Å². The Morgan fingerprint density at radius 1 is 1.33 bits per heavy atom. The van der Waals surface area contributed by atoms with E-state index in [9.17, 15) is 10.2 Å². The molecular formula is C8H11NO3. The second-order valence-electron chi connectivity index (χ2n) is 2.33. The van der Waals surface area contributed by atoms with Crippen molar-refractivity contribution < 1.29 is 14.9 Å². The fourth-order valence-corrected chi connectivity index (χ4v) is 0.932. The molecule has 12 heavy (non-hydrogen) atoms. The quantitative estimate of drug-likeness (QED) is 0.565. The number of hydrogen-bond donors (Lipinski definition) is 3. The van der Waals surface area contributed by atoms with Gasteiger partial charge in [-0.2, -0.15) is 0 Å². The Bertz CT molecular complexity index is 257. The van der Waals surface area contributed by atoms with Crippen molar-refractivity contribution in [2.24, 2.45) is 5.73 Å². The van der Waals surface area contributed by atoms with E-state index in [1.807, 2.05) is 0 Å². The smallest absolute Gasteiger partial charge is 0.200 e. The van der Waals surface area contributed by atoms with Crippen LogP contribution >= 0.6 is 0 Å². The number of methoxy groups -OCH3 is 1. The lowest BCUT2D eigenvalue weighted by Crippen LogP contribution is -1.97. The Balaban J connectivity index is 3.20. The fraction of sp³-hybridized carbons (Fsp3) is 0.250. The van der Waals surface area contributed by atoms with Gasteiger partial charge in [-0.05, 0) is 6.07 Å². The van der Waals surface area contributed by atoms with E-state index in [0.717, 1.165) is 0 Å². The monoisotopic (exact) mass is 169 g/mol. The van der Waals surface area contributed by atoms with Crippen LogP contribution in [0.2, 0.25) is 0 Å². The van der Waals surface area contributed by atoms with Crippen molar-refractivity contribution in [2.45, 2.75) is 6.54 Å². The van der Waals surface area contributed by atoms with Crippen LogP contribution in [-0.2, 0) is 6.54 Å². The van der Waals surface area contributed by atoms with Crippen LogP contribution in [0.15, 0.2) is 12.1 Å². The summed E-state index contributed by atoms with van der Waals surface area (Å²) in [7, 11) is 1.41. The summed E-state index contributed by atoms with van der Waals surface area (Å²) in [5.74, 6) is -0.234. The molecule has 0 atom stereocenters. The molecule has 0 unspecified atom stereocenters. The van der Waals surface area contributed by atoms with Gasteiger partial charge in [-0.1, -0.05) is 6.07 Å². The summed E-state index contributed by atoms with van der Waals surface area (Å²) >= 11 is 0. The maximum Gasteiger partial charge on any atom is 0.200 e. The number of aromatic hydroxyl groups is 2. The van der Waals surface area contributed by atoms with E-state index in [1.165, 1.54) is 7.11 Å². The predicted octanol–water partition coefficient (Wildman–Crippen LogP) is 0.565. The van der Waals surface area contributed by atoms with Crippen molar-refractivity contribution in [1.82, 2.24) is 0 Å². The Hall–Kier alpha value is -1.42. The zero-order chi connectivity index (χ0) is 9.14. The molecule has 0 spiro atoms. The van der Waals surface area contributed by atoms with Gasteiger partial charge in [-0.15, -0.1) is 0 Å². The minimum atomic E-state index is -0.263. The number of phenolic OH excluding ortho intramolecular Hbond substituents is 2. The SMILES string of the molecule is COc1ccc(CN)c(O)c1O. The molecule has 1 aromatic carbocycles. The van der Waals surface area contributed by atoms with Gasteiger partial charge in [0.15, 0.2) is 11.5 Å². The molecule has 0 heterocycles. The Kier molecular flexibility index (Phi) is 2.40. The standard InChI is InChI=1S/C8H11NO3/c1-12-6-3-2-5(4-9)7(10)8(6)11/h2-3,10-11H,4,9H2,1H3. The Morgan fingerprint density at radius 3 is 2.50 bits per heavy atom. The molecule has 1 aromatic rings. The highest BCUT2D eigenvalue weighted by Crippen LogP contribution is 2.37. The van der Waals surface area contributed by atoms with Crippen molar-refractivity contribution in [2.75, 3.05) is 7.11 Å². The van der Waals surface area contributed by atoms with Gasteiger partial charge in [0.2, 0.25) is 5.75 Å². The first-order valence-electron chi connectivity index (χ1n) is 3.48. The van der Waals surface area contributed by atoms with Crippen LogP contribution in [0.3, 0.4) is 0 Å². The van der Waals surface area contributed by atoms with Crippen LogP contribution in [0.5, 0.6) is 17.2 Å². The largest absolute Gasteiger partial charge is 0.504 e. The Morgan fingerprint density at radius 2 is 2.00 bits per heavy atom. The lowest BCUT2D eigenvalue weighted by Gasteiger charge is -2.07. The summed E-state index contributed by atoms with van der Waals surface area (Å²) in [6, 6.07) is 3.16. The summed E-state index contributed by atoms with van der Waals surface area (Å²) in [5, 5.41) is 18.6. The predicted molar refractivity (Wildman–Crippen MR) is 44.2 cm³/mol. The number of ether oxygens (including phenoxy) is 1. The normalized spacial score (nSPS) is 9.83. The van der Waals surface area contributed by atoms with E-state index in [0.29, 0.717) is 5.56 Å². The Labute approximate surface area is 70.2 Å². The third kappa shape index (κ3) is 1.29. The highest BCUT2D eigenvalue weighted by atomic mass is 16.5. The van der Waals surface area contributed by atoms with Crippen LogP contribution < -0.4 is 10.5 Å². The molecule has 0 bridgehead atoms. The van der Waals surface area contributed by atoms with Crippen LogP contribution in [0, 0.1) is 0 Å². The average molecular weight is 169 g/mol. The average Bonchev–Trinajstić information content (AvgIpc) is 2.10. The fourth-order valence-electron chi connectivity index (χ4n) is 0.932. The number of rotatable bonds is 2. The molecule has 0 saturated heterocycles. The summed E-state index contributed by atoms with van der Waals surface area (Å²) in [4.78, 5) is 0. The molecule has 0 fully saturated rings. The molecule has 1 rings (SSSR count). The number of hydrogen-bond acceptors (Lipinski definition) is 4. The molecule has 0 radical (unpaired) electrons. The molecule has 0 aliphatic rings. The maximum atomic E-state index is 9.30. The molecule has 0 amide bonds. The van der Waals surface area contributed by atoms with Crippen molar-refractivity contribution in [3.63, 3.8) is 0 Å². The molecule has 4 heteroatoms. The summed E-state index contributed by atoms with van der Waals surface area (Å²) in [6.07, 6.45) is 0. The third-order valence-corrected chi connectivity index (χ3v) is 1.64. The van der Waals surface area contributed by atoms with Gasteiger partial charge >= 0.3 is 0 Å². The molecule has 4 nitrogen and oxygen atoms in total. The molecule has 0 saturated carbocycles. The second-order valence-corrected chi connectivity index (χ2v) is 2.33. The van der Waals surface area contributed by atoms with E-state index in [-0.39, 0.29) is 23.8 Å². The van der Waals surface area contributed by atoms with Crippen LogP contribution in [0.25, 0.3) is 0 Å². The van der Waals surface area contributed by atoms with Crippen molar-refractivity contribution in [1.29, 1.82) is 0 Å². The zero-order valence-electron chi connectivity index (χ0n) is 6.74. The first-order chi connectivity index (χ1) is 5.70. The molecule has 0 aromatic heterocycles. The first-order valence-corrected chi connectivity index (χ1v) is 3.48. The molecule has 0 aliphatic carbocycles. The van der Waals surface area contributed by atoms with E-state index >= 15 is 0 Å². The van der Waals surface area contributed by atoms with Gasteiger partial charge in [0, 0.05) is 12.1 Å². The van der Waals surface area contributed by atoms with Gasteiger partial charge in [0.1, 0.15) is 0 Å². The minimum absolute atomic E-state index is 0.184. The minimum Gasteiger partial charge on any atom is -0.504 e. The van der Waals surface area contributed by atoms with E-state index < -0.39 is 0 Å². The molecule has 66 valence electrons. The third-order valence-electron chi connectivity index (χ3n) is 1.64. The lowest BCUT2D eigenvalue weighted by molar-refractivity contribution is 0.349. The summed E-state index contributed by atoms with van der Waals surface area (Å²) < 4.78 is 4.77. The topological polar surface area (TPSA) is 75.7 Å². The first kappa shape index (κ1) is 8.67. The maximum absolute atomic E-state index is 9.30. The molecular weight excluding hydrogens is 158 g/mol. The highest BCUT2D eigenvalue weighted by Gasteiger charge is 2.10. The van der Waals surface area contributed by atoms with Gasteiger partial charge in [-0.25, -0.2) is 0 Å². The van der Waals surface area contributed by atoms with Gasteiger partial charge in [-0.3, -0.25) is 0 Å². The van der Waals surface area contributed by atoms with E-state index in [2.05, 4.69) is 0 Å². The van der Waals surface area contributed by atoms with E-state index in [1.54, 1.807) is 12.1 Å². The van der Waals surface area contributed by atoms with Gasteiger partial charge in [0.05, 0.1) is 7.11 Å². The number of nitrogens with two attached hydrogens (primary N) is 1. The summed E-state index contributed by atoms with van der Waals surface area (Å²) in [5.41, 5.74) is 5.79. The summed E-state index contributed by atoms with van der Waals surface area (Å²) in [6.45, 7) is 0.184. The van der Waals surface area contributed by atoms with E-state index in [4.69, 9.17) is 10.5 Å². The lowest BCUT2D eigenvalue weighted by atomic mass is 10.2. The molecule has 4 N–H and O–H groups in total. The number of benzene rings is 1. The van der Waals surface area contributed by atoms with Crippen LogP contribution in [-0.4, -0.2) is 17.3 Å². The van der Waals surface area contributed by atoms with Gasteiger partial charge < -0.3 is 20.7 Å². The van der Waals surface area contributed by atoms with Crippen LogP contribution in [0.4, 0.5) is 0 Å². The van der Waals surface area contributed by atoms with Crippen molar-refractivity contribution in [3.8, 4) is 17.2 Å². The van der Waals surface area contributed by atoms with Crippen LogP contribution in [0.1, 0.15) is 5.56 Å². The van der Waals surface area contributed by atoms with Crippen molar-refractivity contribution in [3.05, 3.63) is 17.7 Å². The zero-order valence-corrected chi connectivity index (χ0v) is 6.74. The van der Waals surface area contributed by atoms with Crippen molar-refractivity contribution >= 4 is 0 Å². The highest BCUT2D eigenvalue weighted by molar-refractivity contribution is 5.53. The number of phenols is 2. The molecule has 0 aliphatic heterocycles.